The molecular formula is C16H14F17NO3S. The average Bonchev–Trinajstić information content (AvgIpc) is 2.71. The number of sulfonamides is 1. The first-order valence-electron chi connectivity index (χ1n) is 9.75. The maximum atomic E-state index is 14.1. The Bertz CT molecular complexity index is 990. The number of halogens is 17. The predicted molar refractivity (Wildman–Crippen MR) is 89.2 cm³/mol. The lowest BCUT2D eigenvalue weighted by Crippen LogP contribution is -2.75. The van der Waals surface area contributed by atoms with Gasteiger partial charge in [-0.15, -0.1) is 0 Å². The van der Waals surface area contributed by atoms with Gasteiger partial charge in [0.2, 0.25) is 0 Å². The van der Waals surface area contributed by atoms with E-state index in [0.717, 1.165) is 0 Å². The molecule has 0 aromatic heterocycles. The van der Waals surface area contributed by atoms with Crippen molar-refractivity contribution in [3.05, 3.63) is 0 Å². The monoisotopic (exact) mass is 623 g/mol. The van der Waals surface area contributed by atoms with E-state index in [1.54, 1.807) is 0 Å². The van der Waals surface area contributed by atoms with Gasteiger partial charge in [0.25, 0.3) is 10.0 Å². The first-order valence-corrected chi connectivity index (χ1v) is 11.2. The fraction of sp³-hybridized carbons (Fsp3) is 0.938. The standard InChI is InChI=1S/C16H14F17NO3S/c17-9(18,11(21,22)13(25,26)15(29,30)31)10(19,20)12(23,24)14(27,28)16(32,33)38(36,37)34-7-5-3-1-2-4-6-8(7)35/h7,34H,1-6H2/t7-/m0/s1. The molecule has 0 saturated heterocycles. The van der Waals surface area contributed by atoms with Gasteiger partial charge >= 0.3 is 47.0 Å². The fourth-order valence-electron chi connectivity index (χ4n) is 3.04. The minimum Gasteiger partial charge on any atom is -0.298 e. The third kappa shape index (κ3) is 4.91. The molecule has 38 heavy (non-hydrogen) atoms. The highest BCUT2D eigenvalue weighted by atomic mass is 32.2. The summed E-state index contributed by atoms with van der Waals surface area (Å²) in [4.78, 5) is 11.8. The van der Waals surface area contributed by atoms with Crippen LogP contribution in [0.25, 0.3) is 0 Å². The zero-order valence-electron chi connectivity index (χ0n) is 17.9. The molecule has 22 heteroatoms. The molecule has 1 rings (SSSR count). The molecule has 0 spiro atoms. The Morgan fingerprint density at radius 2 is 0.921 bits per heavy atom. The lowest BCUT2D eigenvalue weighted by molar-refractivity contribution is -0.458. The molecule has 0 bridgehead atoms. The van der Waals surface area contributed by atoms with Crippen LogP contribution in [-0.4, -0.2) is 67.2 Å². The Labute approximate surface area is 200 Å². The van der Waals surface area contributed by atoms with Crippen LogP contribution in [0.5, 0.6) is 0 Å². The number of rotatable bonds is 9. The number of Topliss-reactive ketones (excluding diaryl/α,β-unsaturated/α-hetero) is 1. The summed E-state index contributed by atoms with van der Waals surface area (Å²) in [6.45, 7) is 0. The number of carbonyl (C=O) groups is 1. The van der Waals surface area contributed by atoms with Crippen LogP contribution in [0.4, 0.5) is 74.6 Å². The summed E-state index contributed by atoms with van der Waals surface area (Å²) in [5.41, 5.74) is 0. The number of carbonyl (C=O) groups excluding carboxylic acids is 1. The molecule has 1 N–H and O–H groups in total. The second kappa shape index (κ2) is 9.79. The predicted octanol–water partition coefficient (Wildman–Crippen LogP) is 6.16. The molecule has 1 atom stereocenters. The van der Waals surface area contributed by atoms with Crippen molar-refractivity contribution in [1.29, 1.82) is 0 Å². The Balaban J connectivity index is 3.61. The van der Waals surface area contributed by atoms with E-state index >= 15 is 0 Å². The van der Waals surface area contributed by atoms with Crippen molar-refractivity contribution in [3.63, 3.8) is 0 Å². The molecule has 0 unspecified atom stereocenters. The smallest absolute Gasteiger partial charge is 0.298 e. The van der Waals surface area contributed by atoms with Crippen LogP contribution < -0.4 is 4.72 Å². The normalized spacial score (nSPS) is 20.8. The highest BCUT2D eigenvalue weighted by Gasteiger charge is 2.96. The maximum absolute atomic E-state index is 14.1. The van der Waals surface area contributed by atoms with Crippen molar-refractivity contribution in [2.45, 2.75) is 91.5 Å². The van der Waals surface area contributed by atoms with Crippen LogP contribution in [0.2, 0.25) is 0 Å². The van der Waals surface area contributed by atoms with Gasteiger partial charge in [-0.1, -0.05) is 19.3 Å². The molecule has 0 aromatic rings. The number of alkyl halides is 17. The van der Waals surface area contributed by atoms with Gasteiger partial charge in [0.05, 0.1) is 6.04 Å². The van der Waals surface area contributed by atoms with E-state index in [1.807, 2.05) is 0 Å². The highest BCUT2D eigenvalue weighted by molar-refractivity contribution is 7.90. The second-order valence-corrected chi connectivity index (χ2v) is 9.81. The lowest BCUT2D eigenvalue weighted by Gasteiger charge is -2.42. The molecular weight excluding hydrogens is 609 g/mol. The van der Waals surface area contributed by atoms with Crippen LogP contribution in [0.1, 0.15) is 38.5 Å². The lowest BCUT2D eigenvalue weighted by atomic mass is 9.91. The van der Waals surface area contributed by atoms with Crippen molar-refractivity contribution in [2.75, 3.05) is 0 Å². The molecule has 0 aliphatic heterocycles. The third-order valence-electron chi connectivity index (χ3n) is 5.38. The van der Waals surface area contributed by atoms with E-state index in [9.17, 15) is 87.8 Å². The summed E-state index contributed by atoms with van der Waals surface area (Å²) in [6.07, 6.45) is -8.83. The molecule has 1 aliphatic carbocycles. The minimum absolute atomic E-state index is 0.000237. The SMILES string of the molecule is O=C1CCCCCC[C@@H]1NS(=O)(=O)C(F)(F)C(F)(F)C(F)(F)C(F)(F)C(F)(F)C(F)(F)C(F)(F)C(F)(F)F. The van der Waals surface area contributed by atoms with Gasteiger partial charge in [-0.3, -0.25) is 4.79 Å². The largest absolute Gasteiger partial charge is 0.460 e. The second-order valence-electron chi connectivity index (χ2n) is 8.05. The topological polar surface area (TPSA) is 63.2 Å². The van der Waals surface area contributed by atoms with Gasteiger partial charge in [0.1, 0.15) is 0 Å². The van der Waals surface area contributed by atoms with Crippen molar-refractivity contribution in [2.24, 2.45) is 0 Å². The molecule has 0 radical (unpaired) electrons. The zero-order chi connectivity index (χ0) is 30.6. The Hall–Kier alpha value is -1.61. The number of hydrogen-bond acceptors (Lipinski definition) is 3. The van der Waals surface area contributed by atoms with Crippen LogP contribution in [0.3, 0.4) is 0 Å². The Morgan fingerprint density at radius 3 is 1.34 bits per heavy atom. The Morgan fingerprint density at radius 1 is 0.553 bits per heavy atom. The van der Waals surface area contributed by atoms with Crippen LogP contribution in [0.15, 0.2) is 0 Å². The molecule has 0 aromatic carbocycles. The summed E-state index contributed by atoms with van der Waals surface area (Å²) in [5.74, 6) is -53.2. The van der Waals surface area contributed by atoms with Gasteiger partial charge in [0, 0.05) is 6.42 Å². The van der Waals surface area contributed by atoms with E-state index in [2.05, 4.69) is 0 Å². The molecule has 1 saturated carbocycles. The Kier molecular flexibility index (Phi) is 8.87. The molecule has 226 valence electrons. The van der Waals surface area contributed by atoms with E-state index in [0.29, 0.717) is 11.1 Å². The summed E-state index contributed by atoms with van der Waals surface area (Å²) in [5, 5.41) is -7.67. The summed E-state index contributed by atoms with van der Waals surface area (Å²) in [6, 6.07) is -2.35. The van der Waals surface area contributed by atoms with E-state index < -0.39 is 81.7 Å². The van der Waals surface area contributed by atoms with Gasteiger partial charge in [-0.25, -0.2) is 8.42 Å². The first kappa shape index (κ1) is 34.4. The highest BCUT2D eigenvalue weighted by Crippen LogP contribution is 2.64. The zero-order valence-corrected chi connectivity index (χ0v) is 18.7. The quantitative estimate of drug-likeness (QED) is 0.313. The van der Waals surface area contributed by atoms with Crippen LogP contribution in [0, 0.1) is 0 Å². The van der Waals surface area contributed by atoms with E-state index in [-0.39, 0.29) is 19.3 Å². The van der Waals surface area contributed by atoms with Gasteiger partial charge < -0.3 is 0 Å². The van der Waals surface area contributed by atoms with E-state index in [4.69, 9.17) is 0 Å². The van der Waals surface area contributed by atoms with Crippen molar-refractivity contribution >= 4 is 15.8 Å². The van der Waals surface area contributed by atoms with Gasteiger partial charge in [-0.2, -0.15) is 79.4 Å². The molecule has 1 fully saturated rings. The van der Waals surface area contributed by atoms with Crippen LogP contribution in [-0.2, 0) is 14.8 Å². The maximum Gasteiger partial charge on any atom is 0.460 e. The van der Waals surface area contributed by atoms with Crippen molar-refractivity contribution < 1.29 is 87.8 Å². The van der Waals surface area contributed by atoms with Gasteiger partial charge in [0.15, 0.2) is 5.78 Å². The summed E-state index contributed by atoms with van der Waals surface area (Å²) >= 11 is 0. The van der Waals surface area contributed by atoms with Gasteiger partial charge in [-0.05, 0) is 12.8 Å². The molecule has 1 aliphatic rings. The first-order chi connectivity index (χ1) is 16.5. The summed E-state index contributed by atoms with van der Waals surface area (Å²) in [7, 11) is -7.48. The summed E-state index contributed by atoms with van der Waals surface area (Å²) < 4.78 is 250. The molecule has 0 amide bonds. The fourth-order valence-corrected chi connectivity index (χ4v) is 4.28. The van der Waals surface area contributed by atoms with E-state index in [1.165, 1.54) is 0 Å². The van der Waals surface area contributed by atoms with Crippen molar-refractivity contribution in [1.82, 2.24) is 4.72 Å². The average molecular weight is 623 g/mol. The number of ketones is 1. The van der Waals surface area contributed by atoms with Crippen molar-refractivity contribution in [3.8, 4) is 0 Å². The molecule has 0 heterocycles. The third-order valence-corrected chi connectivity index (χ3v) is 6.91. The minimum atomic E-state index is -8.89. The molecule has 4 nitrogen and oxygen atoms in total. The number of nitrogens with one attached hydrogen (secondary N) is 1. The number of hydrogen-bond donors (Lipinski definition) is 1. The van der Waals surface area contributed by atoms with Crippen LogP contribution >= 0.6 is 0 Å².